The summed E-state index contributed by atoms with van der Waals surface area (Å²) in [6.45, 7) is 4.44. The molecule has 1 heterocycles. The van der Waals surface area contributed by atoms with Crippen molar-refractivity contribution < 1.29 is 13.6 Å². The average molecular weight is 311 g/mol. The van der Waals surface area contributed by atoms with Gasteiger partial charge in [-0.3, -0.25) is 0 Å². The van der Waals surface area contributed by atoms with Crippen molar-refractivity contribution in [2.75, 3.05) is 13.1 Å². The van der Waals surface area contributed by atoms with E-state index in [4.69, 9.17) is 10.9 Å². The van der Waals surface area contributed by atoms with Crippen molar-refractivity contribution in [3.63, 3.8) is 0 Å². The Labute approximate surface area is 125 Å². The summed E-state index contributed by atoms with van der Waals surface area (Å²) >= 11 is 0. The summed E-state index contributed by atoms with van der Waals surface area (Å²) in [5.74, 6) is -0.139. The topological polar surface area (TPSA) is 96.0 Å². The molecule has 0 radical (unpaired) electrons. The van der Waals surface area contributed by atoms with Crippen LogP contribution in [0.15, 0.2) is 28.3 Å². The SMILES string of the molecule is Cc1ccc(S(=O)(=O)N2CCCC(C(N)=NO)C2)c(C)c1. The molecular formula is C14H21N3O3S. The van der Waals surface area contributed by atoms with Gasteiger partial charge in [0, 0.05) is 19.0 Å². The van der Waals surface area contributed by atoms with Gasteiger partial charge in [-0.1, -0.05) is 22.9 Å². The maximum absolute atomic E-state index is 12.8. The second-order valence-electron chi connectivity index (χ2n) is 5.50. The van der Waals surface area contributed by atoms with E-state index < -0.39 is 10.0 Å². The van der Waals surface area contributed by atoms with Crippen LogP contribution in [-0.4, -0.2) is 36.9 Å². The molecule has 1 aliphatic heterocycles. The van der Waals surface area contributed by atoms with Crippen molar-refractivity contribution in [2.24, 2.45) is 16.8 Å². The number of oxime groups is 1. The highest BCUT2D eigenvalue weighted by Crippen LogP contribution is 2.26. The maximum atomic E-state index is 12.8. The van der Waals surface area contributed by atoms with Crippen molar-refractivity contribution >= 4 is 15.9 Å². The fourth-order valence-electron chi connectivity index (χ4n) is 2.71. The largest absolute Gasteiger partial charge is 0.409 e. The Hall–Kier alpha value is -1.60. The molecule has 6 nitrogen and oxygen atoms in total. The zero-order chi connectivity index (χ0) is 15.6. The third-order valence-corrected chi connectivity index (χ3v) is 5.89. The molecule has 1 saturated heterocycles. The quantitative estimate of drug-likeness (QED) is 0.382. The predicted molar refractivity (Wildman–Crippen MR) is 80.8 cm³/mol. The Morgan fingerprint density at radius 3 is 2.76 bits per heavy atom. The summed E-state index contributed by atoms with van der Waals surface area (Å²) < 4.78 is 26.9. The monoisotopic (exact) mass is 311 g/mol. The van der Waals surface area contributed by atoms with Gasteiger partial charge in [-0.05, 0) is 38.3 Å². The van der Waals surface area contributed by atoms with Crippen LogP contribution >= 0.6 is 0 Å². The summed E-state index contributed by atoms with van der Waals surface area (Å²) in [5.41, 5.74) is 7.38. The van der Waals surface area contributed by atoms with Crippen molar-refractivity contribution in [3.8, 4) is 0 Å². The lowest BCUT2D eigenvalue weighted by Crippen LogP contribution is -2.44. The van der Waals surface area contributed by atoms with E-state index in [-0.39, 0.29) is 18.3 Å². The highest BCUT2D eigenvalue weighted by molar-refractivity contribution is 7.89. The first-order chi connectivity index (χ1) is 9.86. The number of hydrogen-bond donors (Lipinski definition) is 2. The van der Waals surface area contributed by atoms with Crippen LogP contribution in [0.3, 0.4) is 0 Å². The second kappa shape index (κ2) is 6.03. The molecule has 2 rings (SSSR count). The molecule has 0 spiro atoms. The highest BCUT2D eigenvalue weighted by atomic mass is 32.2. The Morgan fingerprint density at radius 1 is 1.43 bits per heavy atom. The van der Waals surface area contributed by atoms with E-state index in [2.05, 4.69) is 5.16 Å². The minimum Gasteiger partial charge on any atom is -0.409 e. The molecule has 0 aliphatic carbocycles. The van der Waals surface area contributed by atoms with Crippen LogP contribution < -0.4 is 5.73 Å². The van der Waals surface area contributed by atoms with Crippen molar-refractivity contribution in [1.29, 1.82) is 0 Å². The van der Waals surface area contributed by atoms with Crippen molar-refractivity contribution in [1.82, 2.24) is 4.31 Å². The van der Waals surface area contributed by atoms with E-state index in [9.17, 15) is 8.42 Å². The van der Waals surface area contributed by atoms with E-state index >= 15 is 0 Å². The van der Waals surface area contributed by atoms with Gasteiger partial charge in [-0.25, -0.2) is 8.42 Å². The Bertz CT molecular complexity index is 655. The number of benzene rings is 1. The molecule has 1 aromatic rings. The van der Waals surface area contributed by atoms with E-state index in [0.29, 0.717) is 17.9 Å². The molecule has 1 unspecified atom stereocenters. The molecule has 116 valence electrons. The van der Waals surface area contributed by atoms with Crippen LogP contribution in [0.1, 0.15) is 24.0 Å². The summed E-state index contributed by atoms with van der Waals surface area (Å²) in [4.78, 5) is 0.327. The number of hydrogen-bond acceptors (Lipinski definition) is 4. The normalized spacial score (nSPS) is 21.4. The van der Waals surface area contributed by atoms with Crippen LogP contribution in [0.4, 0.5) is 0 Å². The Balaban J connectivity index is 2.31. The lowest BCUT2D eigenvalue weighted by Gasteiger charge is -2.31. The molecule has 21 heavy (non-hydrogen) atoms. The zero-order valence-corrected chi connectivity index (χ0v) is 13.1. The highest BCUT2D eigenvalue weighted by Gasteiger charge is 2.32. The first kappa shape index (κ1) is 15.8. The third-order valence-electron chi connectivity index (χ3n) is 3.87. The molecule has 1 fully saturated rings. The van der Waals surface area contributed by atoms with Gasteiger partial charge in [0.15, 0.2) is 0 Å². The minimum absolute atomic E-state index is 0.0931. The molecular weight excluding hydrogens is 290 g/mol. The smallest absolute Gasteiger partial charge is 0.243 e. The van der Waals surface area contributed by atoms with E-state index in [1.165, 1.54) is 4.31 Å². The van der Waals surface area contributed by atoms with Gasteiger partial charge in [-0.2, -0.15) is 4.31 Å². The van der Waals surface area contributed by atoms with Crippen LogP contribution in [0.25, 0.3) is 0 Å². The summed E-state index contributed by atoms with van der Waals surface area (Å²) in [6, 6.07) is 5.30. The molecule has 0 amide bonds. The lowest BCUT2D eigenvalue weighted by molar-refractivity contribution is 0.287. The standard InChI is InChI=1S/C14H21N3O3S/c1-10-5-6-13(11(2)8-10)21(19,20)17-7-3-4-12(9-17)14(15)16-18/h5-6,8,12,18H,3-4,7,9H2,1-2H3,(H2,15,16). The first-order valence-electron chi connectivity index (χ1n) is 6.91. The van der Waals surface area contributed by atoms with Crippen LogP contribution in [-0.2, 0) is 10.0 Å². The van der Waals surface area contributed by atoms with E-state index in [1.807, 2.05) is 13.0 Å². The molecule has 7 heteroatoms. The first-order valence-corrected chi connectivity index (χ1v) is 8.35. The number of piperidine rings is 1. The van der Waals surface area contributed by atoms with Crippen LogP contribution in [0.2, 0.25) is 0 Å². The molecule has 0 bridgehead atoms. The van der Waals surface area contributed by atoms with Crippen LogP contribution in [0.5, 0.6) is 0 Å². The molecule has 1 aromatic carbocycles. The zero-order valence-electron chi connectivity index (χ0n) is 12.3. The van der Waals surface area contributed by atoms with Crippen molar-refractivity contribution in [3.05, 3.63) is 29.3 Å². The van der Waals surface area contributed by atoms with Crippen molar-refractivity contribution in [2.45, 2.75) is 31.6 Å². The molecule has 0 saturated carbocycles. The van der Waals surface area contributed by atoms with E-state index in [1.54, 1.807) is 19.1 Å². The van der Waals surface area contributed by atoms with Gasteiger partial charge in [0.1, 0.15) is 5.84 Å². The molecule has 1 aliphatic rings. The lowest BCUT2D eigenvalue weighted by atomic mass is 9.99. The second-order valence-corrected chi connectivity index (χ2v) is 7.40. The molecule has 3 N–H and O–H groups in total. The van der Waals surface area contributed by atoms with Gasteiger partial charge in [0.25, 0.3) is 0 Å². The number of amidine groups is 1. The van der Waals surface area contributed by atoms with Gasteiger partial charge in [0.2, 0.25) is 10.0 Å². The van der Waals surface area contributed by atoms with Gasteiger partial charge in [0.05, 0.1) is 4.90 Å². The van der Waals surface area contributed by atoms with Gasteiger partial charge in [-0.15, -0.1) is 0 Å². The summed E-state index contributed by atoms with van der Waals surface area (Å²) in [5, 5.41) is 11.8. The number of aryl methyl sites for hydroxylation is 2. The minimum atomic E-state index is -3.54. The Morgan fingerprint density at radius 2 is 2.14 bits per heavy atom. The maximum Gasteiger partial charge on any atom is 0.243 e. The molecule has 0 aromatic heterocycles. The summed E-state index contributed by atoms with van der Waals surface area (Å²) in [7, 11) is -3.54. The molecule has 1 atom stereocenters. The third kappa shape index (κ3) is 3.19. The fourth-order valence-corrected chi connectivity index (χ4v) is 4.44. The predicted octanol–water partition coefficient (Wildman–Crippen LogP) is 1.45. The number of nitrogens with two attached hydrogens (primary N) is 1. The Kier molecular flexibility index (Phi) is 4.53. The number of rotatable bonds is 3. The van der Waals surface area contributed by atoms with Crippen LogP contribution in [0, 0.1) is 19.8 Å². The summed E-state index contributed by atoms with van der Waals surface area (Å²) in [6.07, 6.45) is 1.43. The van der Waals surface area contributed by atoms with E-state index in [0.717, 1.165) is 17.5 Å². The van der Waals surface area contributed by atoms with Gasteiger partial charge < -0.3 is 10.9 Å². The van der Waals surface area contributed by atoms with Gasteiger partial charge >= 0.3 is 0 Å². The number of sulfonamides is 1. The fraction of sp³-hybridized carbons (Fsp3) is 0.500. The number of nitrogens with zero attached hydrogens (tertiary/aromatic N) is 2. The average Bonchev–Trinajstić information content (AvgIpc) is 2.46.